The number of piperidine rings is 1. The second-order valence-electron chi connectivity index (χ2n) is 5.89. The van der Waals surface area contributed by atoms with Gasteiger partial charge in [0.1, 0.15) is 0 Å². The molecule has 0 bridgehead atoms. The van der Waals surface area contributed by atoms with E-state index in [1.165, 1.54) is 49.9 Å². The van der Waals surface area contributed by atoms with Crippen molar-refractivity contribution in [1.82, 2.24) is 4.90 Å². The summed E-state index contributed by atoms with van der Waals surface area (Å²) in [5.74, 6) is 0.909. The lowest BCUT2D eigenvalue weighted by molar-refractivity contribution is 0.0287. The van der Waals surface area contributed by atoms with Gasteiger partial charge in [-0.15, -0.1) is 11.3 Å². The predicted octanol–water partition coefficient (Wildman–Crippen LogP) is 4.06. The third-order valence-corrected chi connectivity index (χ3v) is 6.16. The van der Waals surface area contributed by atoms with Gasteiger partial charge in [0.05, 0.1) is 10.4 Å². The van der Waals surface area contributed by atoms with Crippen molar-refractivity contribution in [3.05, 3.63) is 21.3 Å². The van der Waals surface area contributed by atoms with Crippen molar-refractivity contribution in [2.75, 3.05) is 13.1 Å². The van der Waals surface area contributed by atoms with E-state index in [-0.39, 0.29) is 0 Å². The molecule has 1 aliphatic heterocycles. The van der Waals surface area contributed by atoms with Crippen LogP contribution in [0.3, 0.4) is 0 Å². The Hall–Kier alpha value is -0.0900. The summed E-state index contributed by atoms with van der Waals surface area (Å²) in [4.78, 5) is 4.04. The molecule has 0 spiro atoms. The Kier molecular flexibility index (Phi) is 4.47. The van der Waals surface area contributed by atoms with E-state index in [9.17, 15) is 0 Å². The van der Waals surface area contributed by atoms with Gasteiger partial charge in [0.2, 0.25) is 0 Å². The summed E-state index contributed by atoms with van der Waals surface area (Å²) in [5.41, 5.74) is 6.09. The fourth-order valence-electron chi connectivity index (χ4n) is 3.97. The van der Waals surface area contributed by atoms with Gasteiger partial charge in [-0.05, 0) is 50.3 Å². The first-order chi connectivity index (χ1) is 9.29. The van der Waals surface area contributed by atoms with Crippen LogP contribution in [0, 0.1) is 5.92 Å². The van der Waals surface area contributed by atoms with Crippen LogP contribution in [0.4, 0.5) is 0 Å². The first kappa shape index (κ1) is 13.9. The van der Waals surface area contributed by atoms with E-state index < -0.39 is 0 Å². The molecular formula is C15H23ClN2S. The molecule has 106 valence electrons. The lowest BCUT2D eigenvalue weighted by Crippen LogP contribution is -2.49. The van der Waals surface area contributed by atoms with Gasteiger partial charge in [-0.3, -0.25) is 4.90 Å². The second-order valence-corrected chi connectivity index (χ2v) is 7.63. The van der Waals surface area contributed by atoms with Crippen LogP contribution in [0.25, 0.3) is 0 Å². The maximum atomic E-state index is 6.10. The summed E-state index contributed by atoms with van der Waals surface area (Å²) in [6, 6.07) is 5.31. The molecule has 2 nitrogen and oxygen atoms in total. The Morgan fingerprint density at radius 3 is 2.79 bits per heavy atom. The third-order valence-electron chi connectivity index (χ3n) is 4.83. The zero-order valence-corrected chi connectivity index (χ0v) is 12.9. The SMILES string of the molecule is NCC(c1ccc(Cl)s1)N1CCC[C@H]2CCCC[C@H]21. The number of likely N-dealkylation sites (tertiary alicyclic amines) is 1. The van der Waals surface area contributed by atoms with Gasteiger partial charge >= 0.3 is 0 Å². The molecule has 3 rings (SSSR count). The maximum absolute atomic E-state index is 6.10. The minimum Gasteiger partial charge on any atom is -0.329 e. The number of hydrogen-bond donors (Lipinski definition) is 1. The molecule has 2 heterocycles. The Balaban J connectivity index is 1.81. The van der Waals surface area contributed by atoms with Crippen LogP contribution in [0.5, 0.6) is 0 Å². The van der Waals surface area contributed by atoms with E-state index in [1.807, 2.05) is 6.07 Å². The molecule has 0 radical (unpaired) electrons. The average Bonchev–Trinajstić information content (AvgIpc) is 2.86. The van der Waals surface area contributed by atoms with Gasteiger partial charge in [-0.2, -0.15) is 0 Å². The van der Waals surface area contributed by atoms with E-state index in [0.29, 0.717) is 12.6 Å². The van der Waals surface area contributed by atoms with E-state index in [2.05, 4.69) is 11.0 Å². The van der Waals surface area contributed by atoms with Crippen LogP contribution in [-0.2, 0) is 0 Å². The normalized spacial score (nSPS) is 30.0. The zero-order valence-electron chi connectivity index (χ0n) is 11.4. The minimum absolute atomic E-state index is 0.378. The van der Waals surface area contributed by atoms with E-state index in [1.54, 1.807) is 11.3 Å². The van der Waals surface area contributed by atoms with Gasteiger partial charge in [0.15, 0.2) is 0 Å². The van der Waals surface area contributed by atoms with Crippen molar-refractivity contribution in [3.8, 4) is 0 Å². The molecule has 1 saturated carbocycles. The van der Waals surface area contributed by atoms with Crippen LogP contribution in [0.2, 0.25) is 4.34 Å². The second kappa shape index (κ2) is 6.13. The summed E-state index contributed by atoms with van der Waals surface area (Å²) in [6.45, 7) is 1.92. The van der Waals surface area contributed by atoms with Gasteiger partial charge in [-0.1, -0.05) is 24.4 Å². The van der Waals surface area contributed by atoms with Crippen molar-refractivity contribution >= 4 is 22.9 Å². The van der Waals surface area contributed by atoms with Crippen LogP contribution in [-0.4, -0.2) is 24.0 Å². The largest absolute Gasteiger partial charge is 0.329 e. The number of rotatable bonds is 3. The molecule has 4 heteroatoms. The minimum atomic E-state index is 0.378. The fraction of sp³-hybridized carbons (Fsp3) is 0.733. The molecule has 1 saturated heterocycles. The quantitative estimate of drug-likeness (QED) is 0.912. The molecule has 2 aliphatic rings. The Morgan fingerprint density at radius 1 is 1.26 bits per heavy atom. The highest BCUT2D eigenvalue weighted by Gasteiger charge is 2.36. The van der Waals surface area contributed by atoms with Gasteiger partial charge in [0.25, 0.3) is 0 Å². The summed E-state index contributed by atoms with van der Waals surface area (Å²) in [6.07, 6.45) is 8.34. The van der Waals surface area contributed by atoms with Crippen molar-refractivity contribution in [2.24, 2.45) is 11.7 Å². The first-order valence-electron chi connectivity index (χ1n) is 7.50. The lowest BCUT2D eigenvalue weighted by atomic mass is 9.77. The molecule has 3 atom stereocenters. The maximum Gasteiger partial charge on any atom is 0.0931 e. The molecule has 0 amide bonds. The summed E-state index contributed by atoms with van der Waals surface area (Å²) in [7, 11) is 0. The molecule has 0 aromatic carbocycles. The lowest BCUT2D eigenvalue weighted by Gasteiger charge is -2.47. The molecule has 1 aromatic rings. The van der Waals surface area contributed by atoms with Crippen LogP contribution < -0.4 is 5.73 Å². The van der Waals surface area contributed by atoms with E-state index in [0.717, 1.165) is 16.3 Å². The predicted molar refractivity (Wildman–Crippen MR) is 82.8 cm³/mol. The number of hydrogen-bond acceptors (Lipinski definition) is 3. The number of nitrogens with zero attached hydrogens (tertiary/aromatic N) is 1. The monoisotopic (exact) mass is 298 g/mol. The Labute approximate surface area is 124 Å². The molecular weight excluding hydrogens is 276 g/mol. The van der Waals surface area contributed by atoms with Crippen molar-refractivity contribution in [1.29, 1.82) is 0 Å². The molecule has 1 unspecified atom stereocenters. The summed E-state index contributed by atoms with van der Waals surface area (Å²) >= 11 is 7.79. The van der Waals surface area contributed by atoms with Crippen molar-refractivity contribution in [3.63, 3.8) is 0 Å². The first-order valence-corrected chi connectivity index (χ1v) is 8.70. The highest BCUT2D eigenvalue weighted by molar-refractivity contribution is 7.16. The Morgan fingerprint density at radius 2 is 2.05 bits per heavy atom. The molecule has 2 N–H and O–H groups in total. The van der Waals surface area contributed by atoms with Crippen LogP contribution in [0.1, 0.15) is 49.4 Å². The Bertz CT molecular complexity index is 418. The van der Waals surface area contributed by atoms with Gasteiger partial charge in [0, 0.05) is 17.5 Å². The molecule has 1 aliphatic carbocycles. The van der Waals surface area contributed by atoms with Gasteiger partial charge in [-0.25, -0.2) is 0 Å². The highest BCUT2D eigenvalue weighted by Crippen LogP contribution is 2.40. The number of fused-ring (bicyclic) bond motifs is 1. The summed E-state index contributed by atoms with van der Waals surface area (Å²) in [5, 5.41) is 0. The standard InChI is InChI=1S/C15H23ClN2S/c16-15-8-7-14(19-15)13(10-17)18-9-3-5-11-4-1-2-6-12(11)18/h7-8,11-13H,1-6,9-10,17H2/t11-,12-,13?/m1/s1. The zero-order chi connectivity index (χ0) is 13.2. The van der Waals surface area contributed by atoms with Crippen LogP contribution >= 0.6 is 22.9 Å². The van der Waals surface area contributed by atoms with E-state index >= 15 is 0 Å². The smallest absolute Gasteiger partial charge is 0.0931 e. The third kappa shape index (κ3) is 2.85. The van der Waals surface area contributed by atoms with E-state index in [4.69, 9.17) is 17.3 Å². The van der Waals surface area contributed by atoms with Gasteiger partial charge < -0.3 is 5.73 Å². The summed E-state index contributed by atoms with van der Waals surface area (Å²) < 4.78 is 0.880. The number of nitrogens with two attached hydrogens (primary N) is 1. The number of halogens is 1. The van der Waals surface area contributed by atoms with Crippen molar-refractivity contribution in [2.45, 2.75) is 50.6 Å². The average molecular weight is 299 g/mol. The highest BCUT2D eigenvalue weighted by atomic mass is 35.5. The number of thiophene rings is 1. The topological polar surface area (TPSA) is 29.3 Å². The molecule has 2 fully saturated rings. The van der Waals surface area contributed by atoms with Crippen LogP contribution in [0.15, 0.2) is 12.1 Å². The fourth-order valence-corrected chi connectivity index (χ4v) is 5.17. The molecule has 19 heavy (non-hydrogen) atoms. The van der Waals surface area contributed by atoms with Crippen molar-refractivity contribution < 1.29 is 0 Å². The molecule has 1 aromatic heterocycles.